The molecule has 120 valence electrons. The van der Waals surface area contributed by atoms with Crippen molar-refractivity contribution < 1.29 is 4.43 Å². The smallest absolute Gasteiger partial charge is 0.252 e. The molecule has 0 fully saturated rings. The van der Waals surface area contributed by atoms with Crippen LogP contribution in [-0.4, -0.2) is 13.3 Å². The van der Waals surface area contributed by atoms with Crippen LogP contribution in [0.5, 0.6) is 5.88 Å². The average Bonchev–Trinajstić information content (AvgIpc) is 2.41. The molecule has 1 heterocycles. The molecule has 2 nitrogen and oxygen atoms in total. The van der Waals surface area contributed by atoms with E-state index in [2.05, 4.69) is 81.6 Å². The minimum atomic E-state index is -1.86. The monoisotopic (exact) mass is 379 g/mol. The Kier molecular flexibility index (Phi) is 4.48. The zero-order chi connectivity index (χ0) is 16.9. The van der Waals surface area contributed by atoms with Crippen LogP contribution in [0.3, 0.4) is 0 Å². The van der Waals surface area contributed by atoms with Gasteiger partial charge >= 0.3 is 0 Å². The van der Waals surface area contributed by atoms with Crippen LogP contribution in [0, 0.1) is 20.8 Å². The number of hydrogen-bond acceptors (Lipinski definition) is 2. The Morgan fingerprint density at radius 1 is 1.00 bits per heavy atom. The van der Waals surface area contributed by atoms with Crippen molar-refractivity contribution in [1.82, 2.24) is 4.98 Å². The van der Waals surface area contributed by atoms with Crippen molar-refractivity contribution in [2.45, 2.75) is 59.7 Å². The fourth-order valence-corrected chi connectivity index (χ4v) is 3.73. The molecular weight excluding hydrogens is 354 g/mol. The predicted octanol–water partition coefficient (Wildman–Crippen LogP) is 6.31. The lowest BCUT2D eigenvalue weighted by Gasteiger charge is -2.36. The number of aryl methyl sites for hydroxylation is 2. The Balaban J connectivity index is 2.57. The van der Waals surface area contributed by atoms with E-state index in [1.807, 2.05) is 6.20 Å². The van der Waals surface area contributed by atoms with Crippen molar-refractivity contribution >= 4 is 35.0 Å². The van der Waals surface area contributed by atoms with Gasteiger partial charge in [-0.25, -0.2) is 4.98 Å². The molecule has 0 saturated carbocycles. The quantitative estimate of drug-likeness (QED) is 0.570. The van der Waals surface area contributed by atoms with Crippen LogP contribution in [0.2, 0.25) is 18.1 Å². The molecule has 0 N–H and O–H groups in total. The summed E-state index contributed by atoms with van der Waals surface area (Å²) in [6.07, 6.45) is 1.96. The highest BCUT2D eigenvalue weighted by molar-refractivity contribution is 9.10. The van der Waals surface area contributed by atoms with E-state index in [-0.39, 0.29) is 5.04 Å². The molecule has 0 unspecified atom stereocenters. The van der Waals surface area contributed by atoms with Gasteiger partial charge in [0, 0.05) is 22.1 Å². The van der Waals surface area contributed by atoms with Crippen molar-refractivity contribution in [3.8, 4) is 5.88 Å². The lowest BCUT2D eigenvalue weighted by molar-refractivity contribution is 0.477. The minimum Gasteiger partial charge on any atom is -0.531 e. The highest BCUT2D eigenvalue weighted by Gasteiger charge is 2.39. The molecule has 0 aliphatic rings. The second-order valence-electron chi connectivity index (χ2n) is 7.62. The molecule has 0 radical (unpaired) electrons. The van der Waals surface area contributed by atoms with E-state index in [0.717, 1.165) is 5.88 Å². The molecule has 22 heavy (non-hydrogen) atoms. The lowest BCUT2D eigenvalue weighted by Crippen LogP contribution is -2.44. The summed E-state index contributed by atoms with van der Waals surface area (Å²) in [5, 5.41) is 2.60. The Bertz CT molecular complexity index is 732. The number of halogens is 1. The fourth-order valence-electron chi connectivity index (χ4n) is 2.28. The van der Waals surface area contributed by atoms with Crippen LogP contribution >= 0.6 is 15.9 Å². The van der Waals surface area contributed by atoms with E-state index in [4.69, 9.17) is 4.43 Å². The van der Waals surface area contributed by atoms with E-state index >= 15 is 0 Å². The summed E-state index contributed by atoms with van der Waals surface area (Å²) in [5.41, 5.74) is 3.81. The van der Waals surface area contributed by atoms with Crippen LogP contribution in [-0.2, 0) is 0 Å². The highest BCUT2D eigenvalue weighted by Crippen LogP contribution is 2.38. The molecular formula is C18H26BrNOSi. The Morgan fingerprint density at radius 3 is 2.14 bits per heavy atom. The lowest BCUT2D eigenvalue weighted by atomic mass is 9.98. The van der Waals surface area contributed by atoms with Crippen molar-refractivity contribution in [2.75, 3.05) is 0 Å². The number of aromatic nitrogens is 1. The normalized spacial score (nSPS) is 12.8. The minimum absolute atomic E-state index is 0.169. The van der Waals surface area contributed by atoms with Crippen molar-refractivity contribution in [2.24, 2.45) is 0 Å². The van der Waals surface area contributed by atoms with E-state index in [1.165, 1.54) is 31.9 Å². The summed E-state index contributed by atoms with van der Waals surface area (Å²) in [4.78, 5) is 4.58. The Hall–Kier alpha value is -0.873. The SMILES string of the molecule is Cc1c(Br)c(C)c2cc(O[Si](C)(C)C(C)(C)C)ncc2c1C. The summed E-state index contributed by atoms with van der Waals surface area (Å²) in [6, 6.07) is 2.10. The Labute approximate surface area is 143 Å². The van der Waals surface area contributed by atoms with Gasteiger partial charge in [0.15, 0.2) is 5.88 Å². The summed E-state index contributed by atoms with van der Waals surface area (Å²) in [5.74, 6) is 0.748. The zero-order valence-electron chi connectivity index (χ0n) is 14.9. The van der Waals surface area contributed by atoms with E-state index in [0.29, 0.717) is 0 Å². The van der Waals surface area contributed by atoms with E-state index < -0.39 is 8.32 Å². The molecule has 0 spiro atoms. The average molecular weight is 380 g/mol. The maximum Gasteiger partial charge on any atom is 0.252 e. The van der Waals surface area contributed by atoms with Gasteiger partial charge in [-0.3, -0.25) is 0 Å². The van der Waals surface area contributed by atoms with Gasteiger partial charge in [-0.2, -0.15) is 0 Å². The van der Waals surface area contributed by atoms with Gasteiger partial charge in [-0.1, -0.05) is 36.7 Å². The number of pyridine rings is 1. The molecule has 2 rings (SSSR count). The largest absolute Gasteiger partial charge is 0.531 e. The molecule has 1 aromatic carbocycles. The van der Waals surface area contributed by atoms with Crippen LogP contribution in [0.4, 0.5) is 0 Å². The summed E-state index contributed by atoms with van der Waals surface area (Å²) in [6.45, 7) is 17.7. The first kappa shape index (κ1) is 17.5. The van der Waals surface area contributed by atoms with Crippen LogP contribution < -0.4 is 4.43 Å². The highest BCUT2D eigenvalue weighted by atomic mass is 79.9. The third-order valence-corrected chi connectivity index (χ3v) is 10.6. The van der Waals surface area contributed by atoms with Gasteiger partial charge in [0.2, 0.25) is 0 Å². The molecule has 1 aromatic heterocycles. The number of benzene rings is 1. The molecule has 2 aromatic rings. The summed E-state index contributed by atoms with van der Waals surface area (Å²) in [7, 11) is -1.86. The third-order valence-electron chi connectivity index (χ3n) is 5.07. The predicted molar refractivity (Wildman–Crippen MR) is 101 cm³/mol. The third kappa shape index (κ3) is 2.95. The molecule has 0 saturated heterocycles. The number of hydrogen-bond donors (Lipinski definition) is 0. The molecule has 0 aliphatic heterocycles. The molecule has 0 amide bonds. The van der Waals surface area contributed by atoms with Crippen molar-refractivity contribution in [3.63, 3.8) is 0 Å². The molecule has 0 atom stereocenters. The van der Waals surface area contributed by atoms with Crippen LogP contribution in [0.15, 0.2) is 16.7 Å². The first-order valence-electron chi connectivity index (χ1n) is 7.70. The summed E-state index contributed by atoms with van der Waals surface area (Å²) < 4.78 is 7.53. The van der Waals surface area contributed by atoms with E-state index in [1.54, 1.807) is 0 Å². The fraction of sp³-hybridized carbons (Fsp3) is 0.500. The second-order valence-corrected chi connectivity index (χ2v) is 13.1. The van der Waals surface area contributed by atoms with Crippen LogP contribution in [0.25, 0.3) is 10.8 Å². The summed E-state index contributed by atoms with van der Waals surface area (Å²) >= 11 is 3.72. The van der Waals surface area contributed by atoms with Gasteiger partial charge in [-0.15, -0.1) is 0 Å². The van der Waals surface area contributed by atoms with Gasteiger partial charge in [-0.05, 0) is 61.0 Å². The number of nitrogens with zero attached hydrogens (tertiary/aromatic N) is 1. The first-order valence-corrected chi connectivity index (χ1v) is 11.4. The van der Waals surface area contributed by atoms with Crippen LogP contribution in [0.1, 0.15) is 37.5 Å². The van der Waals surface area contributed by atoms with E-state index in [9.17, 15) is 0 Å². The van der Waals surface area contributed by atoms with Gasteiger partial charge < -0.3 is 4.43 Å². The number of rotatable bonds is 2. The molecule has 0 aliphatic carbocycles. The second kappa shape index (κ2) is 5.64. The number of fused-ring (bicyclic) bond motifs is 1. The van der Waals surface area contributed by atoms with Crippen molar-refractivity contribution in [1.29, 1.82) is 0 Å². The van der Waals surface area contributed by atoms with Gasteiger partial charge in [0.05, 0.1) is 0 Å². The maximum absolute atomic E-state index is 6.35. The van der Waals surface area contributed by atoms with Gasteiger partial charge in [0.1, 0.15) is 0 Å². The zero-order valence-corrected chi connectivity index (χ0v) is 17.5. The Morgan fingerprint density at radius 2 is 1.59 bits per heavy atom. The van der Waals surface area contributed by atoms with Gasteiger partial charge in [0.25, 0.3) is 8.32 Å². The van der Waals surface area contributed by atoms with Crippen molar-refractivity contribution in [3.05, 3.63) is 33.4 Å². The maximum atomic E-state index is 6.35. The standard InChI is InChI=1S/C18H26BrNOSi/c1-11-12(2)17(19)13(3)14-9-16(20-10-15(11)14)21-22(7,8)18(4,5)6/h9-10H,1-8H3. The molecule has 4 heteroatoms. The topological polar surface area (TPSA) is 22.1 Å². The first-order chi connectivity index (χ1) is 9.95. The molecule has 0 bridgehead atoms.